The van der Waals surface area contributed by atoms with Crippen molar-refractivity contribution in [2.75, 3.05) is 18.5 Å². The highest BCUT2D eigenvalue weighted by molar-refractivity contribution is 6.31. The lowest BCUT2D eigenvalue weighted by Crippen LogP contribution is -2.29. The molecule has 0 radical (unpaired) electrons. The zero-order chi connectivity index (χ0) is 12.5. The molecule has 2 atom stereocenters. The van der Waals surface area contributed by atoms with E-state index in [0.29, 0.717) is 17.4 Å². The zero-order valence-corrected chi connectivity index (χ0v) is 10.2. The van der Waals surface area contributed by atoms with Gasteiger partial charge in [0.2, 0.25) is 0 Å². The topological polar surface area (TPSA) is 47.0 Å². The highest BCUT2D eigenvalue weighted by Gasteiger charge is 2.28. The summed E-state index contributed by atoms with van der Waals surface area (Å²) in [5.41, 5.74) is 0.770. The summed E-state index contributed by atoms with van der Waals surface area (Å²) < 4.78 is 18.6. The van der Waals surface area contributed by atoms with E-state index in [-0.39, 0.29) is 12.6 Å². The van der Waals surface area contributed by atoms with E-state index in [2.05, 4.69) is 15.3 Å². The first-order chi connectivity index (χ1) is 8.74. The normalized spacial score (nSPS) is 23.4. The lowest BCUT2D eigenvalue weighted by molar-refractivity contribution is 0.173. The molecule has 2 aromatic rings. The smallest absolute Gasteiger partial charge is 0.146 e. The number of hydrogen-bond donors (Lipinski definition) is 1. The largest absolute Gasteiger partial charge is 0.376 e. The monoisotopic (exact) mass is 267 g/mol. The van der Waals surface area contributed by atoms with Crippen LogP contribution in [0.3, 0.4) is 0 Å². The molecule has 1 fully saturated rings. The summed E-state index contributed by atoms with van der Waals surface area (Å²) in [6.45, 7) is 0.467. The van der Waals surface area contributed by atoms with Gasteiger partial charge >= 0.3 is 0 Å². The van der Waals surface area contributed by atoms with Gasteiger partial charge in [-0.2, -0.15) is 0 Å². The van der Waals surface area contributed by atoms with Crippen LogP contribution in [0.25, 0.3) is 10.9 Å². The summed E-state index contributed by atoms with van der Waals surface area (Å²) in [5, 5.41) is 4.43. The van der Waals surface area contributed by atoms with Crippen molar-refractivity contribution in [2.45, 2.75) is 12.2 Å². The molecule has 2 unspecified atom stereocenters. The van der Waals surface area contributed by atoms with Crippen molar-refractivity contribution in [3.8, 4) is 0 Å². The number of nitrogens with one attached hydrogen (secondary N) is 1. The van der Waals surface area contributed by atoms with Gasteiger partial charge in [-0.25, -0.2) is 14.4 Å². The van der Waals surface area contributed by atoms with E-state index in [4.69, 9.17) is 16.3 Å². The molecule has 18 heavy (non-hydrogen) atoms. The summed E-state index contributed by atoms with van der Waals surface area (Å²) in [4.78, 5) is 8.28. The summed E-state index contributed by atoms with van der Waals surface area (Å²) in [6.07, 6.45) is 0.427. The molecule has 3 rings (SSSR count). The van der Waals surface area contributed by atoms with Gasteiger partial charge in [-0.1, -0.05) is 11.6 Å². The van der Waals surface area contributed by atoms with Crippen LogP contribution >= 0.6 is 11.6 Å². The van der Waals surface area contributed by atoms with Gasteiger partial charge in [-0.3, -0.25) is 0 Å². The van der Waals surface area contributed by atoms with Gasteiger partial charge in [-0.15, -0.1) is 0 Å². The molecule has 2 heterocycles. The predicted molar refractivity (Wildman–Crippen MR) is 67.7 cm³/mol. The number of aromatic nitrogens is 2. The number of halogens is 2. The molecule has 1 aromatic heterocycles. The van der Waals surface area contributed by atoms with Gasteiger partial charge in [0.1, 0.15) is 18.3 Å². The fourth-order valence-corrected chi connectivity index (χ4v) is 2.15. The van der Waals surface area contributed by atoms with E-state index in [0.717, 1.165) is 10.9 Å². The second kappa shape index (κ2) is 4.66. The lowest BCUT2D eigenvalue weighted by atomic mass is 10.2. The van der Waals surface area contributed by atoms with Gasteiger partial charge in [0.25, 0.3) is 0 Å². The molecular formula is C12H11ClFN3O. The maximum atomic E-state index is 13.5. The third-order valence-electron chi connectivity index (χ3n) is 2.93. The Labute approximate surface area is 108 Å². The van der Waals surface area contributed by atoms with E-state index in [9.17, 15) is 4.39 Å². The van der Waals surface area contributed by atoms with Gasteiger partial charge in [0, 0.05) is 10.4 Å². The van der Waals surface area contributed by atoms with Crippen LogP contribution in [-0.2, 0) is 4.74 Å². The quantitative estimate of drug-likeness (QED) is 0.908. The Hall–Kier alpha value is -1.46. The molecule has 0 saturated carbocycles. The molecular weight excluding hydrogens is 257 g/mol. The average molecular weight is 268 g/mol. The number of alkyl halides is 1. The standard InChI is InChI=1S/C12H11ClFN3O/c13-7-1-2-10-8(3-7)12(16-6-15-10)17-11-5-18-4-9(11)14/h1-3,6,9,11H,4-5H2,(H,15,16,17). The molecule has 94 valence electrons. The molecule has 0 bridgehead atoms. The van der Waals surface area contributed by atoms with Crippen LogP contribution in [0.2, 0.25) is 5.02 Å². The Morgan fingerprint density at radius 1 is 1.33 bits per heavy atom. The number of nitrogens with zero attached hydrogens (tertiary/aromatic N) is 2. The van der Waals surface area contributed by atoms with Crippen LogP contribution < -0.4 is 5.32 Å². The molecule has 1 aliphatic rings. The highest BCUT2D eigenvalue weighted by atomic mass is 35.5. The number of hydrogen-bond acceptors (Lipinski definition) is 4. The predicted octanol–water partition coefficient (Wildman–Crippen LogP) is 2.43. The number of benzene rings is 1. The maximum Gasteiger partial charge on any atom is 0.146 e. The minimum absolute atomic E-state index is 0.126. The third-order valence-corrected chi connectivity index (χ3v) is 3.17. The molecule has 0 spiro atoms. The third kappa shape index (κ3) is 2.11. The van der Waals surface area contributed by atoms with Crippen LogP contribution in [-0.4, -0.2) is 35.4 Å². The van der Waals surface area contributed by atoms with E-state index in [1.807, 2.05) is 6.07 Å². The molecule has 6 heteroatoms. The fraction of sp³-hybridized carbons (Fsp3) is 0.333. The van der Waals surface area contributed by atoms with Crippen LogP contribution in [0.5, 0.6) is 0 Å². The second-order valence-corrected chi connectivity index (χ2v) is 4.62. The fourth-order valence-electron chi connectivity index (χ4n) is 1.98. The van der Waals surface area contributed by atoms with Crippen molar-refractivity contribution >= 4 is 28.3 Å². The maximum absolute atomic E-state index is 13.5. The second-order valence-electron chi connectivity index (χ2n) is 4.19. The van der Waals surface area contributed by atoms with Crippen molar-refractivity contribution in [2.24, 2.45) is 0 Å². The highest BCUT2D eigenvalue weighted by Crippen LogP contribution is 2.25. The molecule has 1 aromatic carbocycles. The first-order valence-electron chi connectivity index (χ1n) is 5.62. The molecule has 4 nitrogen and oxygen atoms in total. The molecule has 1 aliphatic heterocycles. The number of ether oxygens (including phenoxy) is 1. The van der Waals surface area contributed by atoms with E-state index < -0.39 is 6.17 Å². The van der Waals surface area contributed by atoms with Gasteiger partial charge in [0.15, 0.2) is 0 Å². The minimum atomic E-state index is -1.02. The Bertz CT molecular complexity index is 580. The van der Waals surface area contributed by atoms with E-state index in [1.165, 1.54) is 6.33 Å². The van der Waals surface area contributed by atoms with Gasteiger partial charge < -0.3 is 10.1 Å². The van der Waals surface area contributed by atoms with Crippen molar-refractivity contribution in [3.05, 3.63) is 29.5 Å². The Morgan fingerprint density at radius 2 is 2.22 bits per heavy atom. The molecule has 0 amide bonds. The lowest BCUT2D eigenvalue weighted by Gasteiger charge is -2.15. The van der Waals surface area contributed by atoms with Crippen molar-refractivity contribution in [3.63, 3.8) is 0 Å². The van der Waals surface area contributed by atoms with Gasteiger partial charge in [-0.05, 0) is 18.2 Å². The Morgan fingerprint density at radius 3 is 3.00 bits per heavy atom. The minimum Gasteiger partial charge on any atom is -0.376 e. The first kappa shape index (κ1) is 11.6. The Balaban J connectivity index is 1.98. The molecule has 0 aliphatic carbocycles. The van der Waals surface area contributed by atoms with E-state index >= 15 is 0 Å². The average Bonchev–Trinajstić information content (AvgIpc) is 2.76. The summed E-state index contributed by atoms with van der Waals surface area (Å²) >= 11 is 5.95. The van der Waals surface area contributed by atoms with Crippen LogP contribution in [0.4, 0.5) is 10.2 Å². The SMILES string of the molecule is FC1COCC1Nc1ncnc2ccc(Cl)cc12. The summed E-state index contributed by atoms with van der Waals surface area (Å²) in [7, 11) is 0. The van der Waals surface area contributed by atoms with Crippen LogP contribution in [0, 0.1) is 0 Å². The van der Waals surface area contributed by atoms with Gasteiger partial charge in [0.05, 0.1) is 24.8 Å². The summed E-state index contributed by atoms with van der Waals surface area (Å²) in [5.74, 6) is 0.584. The van der Waals surface area contributed by atoms with Crippen LogP contribution in [0.15, 0.2) is 24.5 Å². The van der Waals surface area contributed by atoms with Crippen molar-refractivity contribution < 1.29 is 9.13 Å². The Kier molecular flexibility index (Phi) is 3.01. The molecule has 1 N–H and O–H groups in total. The summed E-state index contributed by atoms with van der Waals surface area (Å²) in [6, 6.07) is 4.96. The van der Waals surface area contributed by atoms with E-state index in [1.54, 1.807) is 12.1 Å². The molecule has 1 saturated heterocycles. The number of fused-ring (bicyclic) bond motifs is 1. The van der Waals surface area contributed by atoms with Crippen LogP contribution in [0.1, 0.15) is 0 Å². The number of rotatable bonds is 2. The zero-order valence-electron chi connectivity index (χ0n) is 9.44. The van der Waals surface area contributed by atoms with Crippen molar-refractivity contribution in [1.29, 1.82) is 0 Å². The van der Waals surface area contributed by atoms with Crippen molar-refractivity contribution in [1.82, 2.24) is 9.97 Å². The number of anilines is 1. The first-order valence-corrected chi connectivity index (χ1v) is 6.00.